The average molecular weight is 209 g/mol. The summed E-state index contributed by atoms with van der Waals surface area (Å²) in [6.45, 7) is 0. The molecular formula is C10H8FNO3. The first kappa shape index (κ1) is 11.0. The molecule has 78 valence electrons. The number of carbonyl (C=O) groups is 1. The van der Waals surface area contributed by atoms with Crippen LogP contribution < -0.4 is 0 Å². The van der Waals surface area contributed by atoms with Crippen molar-refractivity contribution < 1.29 is 14.1 Å². The smallest absolute Gasteiger partial charge is 0.303 e. The van der Waals surface area contributed by atoms with E-state index in [1.807, 2.05) is 0 Å². The number of rotatable bonds is 4. The molecule has 0 bridgehead atoms. The molecule has 1 aromatic rings. The number of allylic oxidation sites excluding steroid dienone is 1. The van der Waals surface area contributed by atoms with Gasteiger partial charge < -0.3 is 4.79 Å². The normalized spacial score (nSPS) is 10.5. The van der Waals surface area contributed by atoms with Crippen molar-refractivity contribution in [2.75, 3.05) is 0 Å². The highest BCUT2D eigenvalue weighted by Crippen LogP contribution is 2.19. The number of benzene rings is 1. The Hall–Kier alpha value is -2.04. The quantitative estimate of drug-likeness (QED) is 0.434. The summed E-state index contributed by atoms with van der Waals surface area (Å²) >= 11 is 0. The molecule has 0 unspecified atom stereocenters. The highest BCUT2D eigenvalue weighted by atomic mass is 19.1. The Labute approximate surface area is 85.2 Å². The van der Waals surface area contributed by atoms with Crippen LogP contribution in [0.5, 0.6) is 0 Å². The van der Waals surface area contributed by atoms with Gasteiger partial charge in [0.05, 0.1) is 4.92 Å². The fraction of sp³-hybridized carbons (Fsp3) is 0.100. The van der Waals surface area contributed by atoms with Crippen LogP contribution in [0.4, 0.5) is 10.1 Å². The summed E-state index contributed by atoms with van der Waals surface area (Å²) < 4.78 is 12.9. The predicted octanol–water partition coefficient (Wildman–Crippen LogP) is 2.34. The average Bonchev–Trinajstić information content (AvgIpc) is 2.20. The molecule has 0 spiro atoms. The van der Waals surface area contributed by atoms with E-state index in [-0.39, 0.29) is 6.42 Å². The molecule has 15 heavy (non-hydrogen) atoms. The van der Waals surface area contributed by atoms with Gasteiger partial charge in [0.15, 0.2) is 0 Å². The minimum absolute atomic E-state index is 0.227. The third kappa shape index (κ3) is 2.98. The Morgan fingerprint density at radius 2 is 2.20 bits per heavy atom. The number of hydrogen-bond donors (Lipinski definition) is 0. The van der Waals surface area contributed by atoms with Crippen LogP contribution in [0.15, 0.2) is 24.3 Å². The second kappa shape index (κ2) is 4.99. The monoisotopic (exact) mass is 209 g/mol. The summed E-state index contributed by atoms with van der Waals surface area (Å²) in [6.07, 6.45) is 4.00. The molecular weight excluding hydrogens is 201 g/mol. The van der Waals surface area contributed by atoms with E-state index < -0.39 is 16.4 Å². The van der Waals surface area contributed by atoms with Crippen molar-refractivity contribution in [2.45, 2.75) is 6.42 Å². The summed E-state index contributed by atoms with van der Waals surface area (Å²) in [5.41, 5.74) is -0.0757. The number of halogens is 1. The Bertz CT molecular complexity index is 415. The molecule has 0 atom stereocenters. The molecule has 0 fully saturated rings. The van der Waals surface area contributed by atoms with Gasteiger partial charge in [-0.05, 0) is 11.6 Å². The number of aldehydes is 1. The molecule has 0 radical (unpaired) electrons. The van der Waals surface area contributed by atoms with Crippen LogP contribution in [0.3, 0.4) is 0 Å². The van der Waals surface area contributed by atoms with Crippen molar-refractivity contribution in [2.24, 2.45) is 0 Å². The minimum atomic E-state index is -0.868. The van der Waals surface area contributed by atoms with Crippen LogP contribution in [0.1, 0.15) is 12.0 Å². The van der Waals surface area contributed by atoms with E-state index in [2.05, 4.69) is 0 Å². The fourth-order valence-corrected chi connectivity index (χ4v) is 1.03. The molecule has 1 aromatic carbocycles. The number of carbonyl (C=O) groups excluding carboxylic acids is 1. The van der Waals surface area contributed by atoms with Gasteiger partial charge in [0.2, 0.25) is 5.82 Å². The summed E-state index contributed by atoms with van der Waals surface area (Å²) in [4.78, 5) is 19.6. The van der Waals surface area contributed by atoms with Gasteiger partial charge in [-0.3, -0.25) is 10.1 Å². The standard InChI is InChI=1S/C10H8FNO3/c11-9-5-4-8(3-1-2-6-13)7-10(9)12(14)15/h1,3-7H,2H2. The lowest BCUT2D eigenvalue weighted by molar-refractivity contribution is -0.387. The van der Waals surface area contributed by atoms with Gasteiger partial charge in [-0.25, -0.2) is 0 Å². The maximum absolute atomic E-state index is 12.9. The number of hydrogen-bond acceptors (Lipinski definition) is 3. The highest BCUT2D eigenvalue weighted by molar-refractivity contribution is 5.59. The predicted molar refractivity (Wildman–Crippen MR) is 52.8 cm³/mol. The van der Waals surface area contributed by atoms with Gasteiger partial charge in [-0.15, -0.1) is 0 Å². The maximum Gasteiger partial charge on any atom is 0.305 e. The topological polar surface area (TPSA) is 60.2 Å². The van der Waals surface area contributed by atoms with Crippen LogP contribution in [0, 0.1) is 15.9 Å². The van der Waals surface area contributed by atoms with Crippen molar-refractivity contribution in [3.63, 3.8) is 0 Å². The zero-order valence-corrected chi connectivity index (χ0v) is 7.72. The summed E-state index contributed by atoms with van der Waals surface area (Å²) in [5, 5.41) is 10.4. The lowest BCUT2D eigenvalue weighted by Gasteiger charge is -1.95. The minimum Gasteiger partial charge on any atom is -0.303 e. The van der Waals surface area contributed by atoms with E-state index >= 15 is 0 Å². The molecule has 0 N–H and O–H groups in total. The molecule has 0 aromatic heterocycles. The van der Waals surface area contributed by atoms with Gasteiger partial charge >= 0.3 is 5.69 Å². The van der Waals surface area contributed by atoms with Gasteiger partial charge in [0, 0.05) is 12.5 Å². The van der Waals surface area contributed by atoms with Gasteiger partial charge in [0.25, 0.3) is 0 Å². The zero-order chi connectivity index (χ0) is 11.3. The van der Waals surface area contributed by atoms with Crippen LogP contribution in [-0.2, 0) is 4.79 Å². The molecule has 5 heteroatoms. The molecule has 0 heterocycles. The number of nitro benzene ring substituents is 1. The molecule has 0 saturated carbocycles. The van der Waals surface area contributed by atoms with Gasteiger partial charge in [0.1, 0.15) is 6.29 Å². The van der Waals surface area contributed by atoms with E-state index in [1.165, 1.54) is 12.1 Å². The molecule has 0 amide bonds. The zero-order valence-electron chi connectivity index (χ0n) is 7.72. The number of nitrogens with zero attached hydrogens (tertiary/aromatic N) is 1. The van der Waals surface area contributed by atoms with Crippen LogP contribution in [-0.4, -0.2) is 11.2 Å². The van der Waals surface area contributed by atoms with Crippen LogP contribution in [0.25, 0.3) is 6.08 Å². The molecule has 0 aliphatic heterocycles. The largest absolute Gasteiger partial charge is 0.305 e. The van der Waals surface area contributed by atoms with E-state index in [9.17, 15) is 19.3 Å². The first-order chi connectivity index (χ1) is 7.15. The van der Waals surface area contributed by atoms with Crippen molar-refractivity contribution in [1.29, 1.82) is 0 Å². The maximum atomic E-state index is 12.9. The lowest BCUT2D eigenvalue weighted by Crippen LogP contribution is -1.92. The first-order valence-electron chi connectivity index (χ1n) is 4.19. The van der Waals surface area contributed by atoms with E-state index in [4.69, 9.17) is 0 Å². The molecule has 0 saturated heterocycles. The molecule has 0 aliphatic rings. The summed E-state index contributed by atoms with van der Waals surface area (Å²) in [6, 6.07) is 3.55. The Balaban J connectivity index is 2.97. The van der Waals surface area contributed by atoms with Crippen molar-refractivity contribution in [1.82, 2.24) is 0 Å². The number of nitro groups is 1. The fourth-order valence-electron chi connectivity index (χ4n) is 1.03. The molecule has 1 rings (SSSR count). The molecule has 4 nitrogen and oxygen atoms in total. The van der Waals surface area contributed by atoms with Crippen LogP contribution >= 0.6 is 0 Å². The van der Waals surface area contributed by atoms with Crippen molar-refractivity contribution in [3.8, 4) is 0 Å². The van der Waals surface area contributed by atoms with Crippen molar-refractivity contribution in [3.05, 3.63) is 45.8 Å². The van der Waals surface area contributed by atoms with E-state index in [0.29, 0.717) is 11.8 Å². The van der Waals surface area contributed by atoms with E-state index in [1.54, 1.807) is 6.08 Å². The van der Waals surface area contributed by atoms with Crippen molar-refractivity contribution >= 4 is 18.0 Å². The highest BCUT2D eigenvalue weighted by Gasteiger charge is 2.12. The SMILES string of the molecule is O=CCC=Cc1ccc(F)c([N+](=O)[O-])c1. The summed E-state index contributed by atoms with van der Waals surface area (Å²) in [7, 11) is 0. The van der Waals surface area contributed by atoms with E-state index in [0.717, 1.165) is 12.1 Å². The van der Waals surface area contributed by atoms with Gasteiger partial charge in [-0.2, -0.15) is 4.39 Å². The van der Waals surface area contributed by atoms with Crippen LogP contribution in [0.2, 0.25) is 0 Å². The third-order valence-corrected chi connectivity index (χ3v) is 1.71. The Kier molecular flexibility index (Phi) is 3.68. The lowest BCUT2D eigenvalue weighted by atomic mass is 10.1. The molecule has 0 aliphatic carbocycles. The second-order valence-corrected chi connectivity index (χ2v) is 2.77. The second-order valence-electron chi connectivity index (χ2n) is 2.77. The first-order valence-corrected chi connectivity index (χ1v) is 4.19. The third-order valence-electron chi connectivity index (χ3n) is 1.71. The summed E-state index contributed by atoms with van der Waals surface area (Å²) in [5.74, 6) is -0.868. The van der Waals surface area contributed by atoms with Gasteiger partial charge in [-0.1, -0.05) is 18.2 Å². The Morgan fingerprint density at radius 3 is 2.80 bits per heavy atom. The Morgan fingerprint density at radius 1 is 1.47 bits per heavy atom.